The number of halogens is 4. The van der Waals surface area contributed by atoms with Crippen molar-refractivity contribution in [3.8, 4) is 5.75 Å². The summed E-state index contributed by atoms with van der Waals surface area (Å²) < 4.78 is 43.5. The number of carbonyl (C=O) groups is 2. The van der Waals surface area contributed by atoms with Crippen molar-refractivity contribution >= 4 is 34.8 Å². The summed E-state index contributed by atoms with van der Waals surface area (Å²) in [6.45, 7) is -0.246. The SMILES string of the molecule is O=C(NNC(=O)c1sccc1OCc1ncc(C(F)(F)F)cc1Cl)c1ccccc1. The quantitative estimate of drug-likeness (QED) is 0.556. The Hall–Kier alpha value is -3.11. The first-order valence-corrected chi connectivity index (χ1v) is 9.59. The van der Waals surface area contributed by atoms with E-state index in [9.17, 15) is 22.8 Å². The number of pyridine rings is 1. The number of benzene rings is 1. The molecule has 2 heterocycles. The van der Waals surface area contributed by atoms with E-state index in [4.69, 9.17) is 16.3 Å². The molecule has 1 aromatic carbocycles. The fourth-order valence-electron chi connectivity index (χ4n) is 2.28. The zero-order valence-corrected chi connectivity index (χ0v) is 16.6. The Kier molecular flexibility index (Phi) is 6.58. The van der Waals surface area contributed by atoms with Gasteiger partial charge < -0.3 is 4.74 Å². The van der Waals surface area contributed by atoms with Gasteiger partial charge in [-0.2, -0.15) is 13.2 Å². The van der Waals surface area contributed by atoms with Crippen molar-refractivity contribution < 1.29 is 27.5 Å². The predicted molar refractivity (Wildman–Crippen MR) is 104 cm³/mol. The Morgan fingerprint density at radius 2 is 1.80 bits per heavy atom. The van der Waals surface area contributed by atoms with Gasteiger partial charge in [0.1, 0.15) is 17.2 Å². The third-order valence-electron chi connectivity index (χ3n) is 3.77. The van der Waals surface area contributed by atoms with Gasteiger partial charge in [-0.1, -0.05) is 29.8 Å². The second-order valence-electron chi connectivity index (χ2n) is 5.83. The minimum atomic E-state index is -4.56. The molecule has 0 aliphatic heterocycles. The number of rotatable bonds is 5. The lowest BCUT2D eigenvalue weighted by Crippen LogP contribution is -2.41. The first-order valence-electron chi connectivity index (χ1n) is 8.33. The largest absolute Gasteiger partial charge is 0.486 e. The average Bonchev–Trinajstić information content (AvgIpc) is 3.19. The number of carbonyl (C=O) groups excluding carboxylic acids is 2. The van der Waals surface area contributed by atoms with Gasteiger partial charge in [0.2, 0.25) is 0 Å². The Balaban J connectivity index is 1.61. The van der Waals surface area contributed by atoms with Crippen molar-refractivity contribution in [3.05, 3.63) is 80.8 Å². The van der Waals surface area contributed by atoms with Crippen molar-refractivity contribution in [3.63, 3.8) is 0 Å². The maximum Gasteiger partial charge on any atom is 0.417 e. The van der Waals surface area contributed by atoms with Gasteiger partial charge in [-0.15, -0.1) is 11.3 Å². The van der Waals surface area contributed by atoms with Gasteiger partial charge >= 0.3 is 6.18 Å². The van der Waals surface area contributed by atoms with Crippen molar-refractivity contribution in [2.75, 3.05) is 0 Å². The third-order valence-corrected chi connectivity index (χ3v) is 4.99. The lowest BCUT2D eigenvalue weighted by molar-refractivity contribution is -0.137. The first-order chi connectivity index (χ1) is 14.3. The number of hydrogen-bond donors (Lipinski definition) is 2. The maximum atomic E-state index is 12.7. The number of alkyl halides is 3. The van der Waals surface area contributed by atoms with E-state index in [1.54, 1.807) is 35.7 Å². The summed E-state index contributed by atoms with van der Waals surface area (Å²) in [5, 5.41) is 1.38. The zero-order chi connectivity index (χ0) is 21.7. The molecule has 0 radical (unpaired) electrons. The number of amides is 2. The van der Waals surface area contributed by atoms with Crippen LogP contribution in [0.25, 0.3) is 0 Å². The van der Waals surface area contributed by atoms with Gasteiger partial charge in [-0.3, -0.25) is 25.4 Å². The van der Waals surface area contributed by atoms with Crippen LogP contribution in [0.1, 0.15) is 31.3 Å². The van der Waals surface area contributed by atoms with Crippen molar-refractivity contribution in [1.29, 1.82) is 0 Å². The van der Waals surface area contributed by atoms with Gasteiger partial charge in [0.25, 0.3) is 11.8 Å². The Bertz CT molecular complexity index is 1060. The van der Waals surface area contributed by atoms with Crippen LogP contribution in [-0.4, -0.2) is 16.8 Å². The first kappa shape index (κ1) is 21.6. The second kappa shape index (κ2) is 9.14. The Morgan fingerprint density at radius 1 is 1.10 bits per heavy atom. The monoisotopic (exact) mass is 455 g/mol. The number of thiophene rings is 1. The van der Waals surface area contributed by atoms with E-state index >= 15 is 0 Å². The van der Waals surface area contributed by atoms with E-state index in [0.29, 0.717) is 11.8 Å². The van der Waals surface area contributed by atoms with Crippen LogP contribution in [0.2, 0.25) is 5.02 Å². The molecule has 0 aliphatic rings. The number of nitrogens with zero attached hydrogens (tertiary/aromatic N) is 1. The van der Waals surface area contributed by atoms with Gasteiger partial charge in [0.15, 0.2) is 0 Å². The molecule has 0 spiro atoms. The molecule has 0 fully saturated rings. The van der Waals surface area contributed by atoms with Crippen LogP contribution in [0.15, 0.2) is 54.0 Å². The fraction of sp³-hybridized carbons (Fsp3) is 0.105. The third kappa shape index (κ3) is 5.28. The van der Waals surface area contributed by atoms with Crippen LogP contribution in [0, 0.1) is 0 Å². The zero-order valence-electron chi connectivity index (χ0n) is 15.0. The number of ether oxygens (including phenoxy) is 1. The summed E-state index contributed by atoms with van der Waals surface area (Å²) in [5.41, 5.74) is 4.05. The summed E-state index contributed by atoms with van der Waals surface area (Å²) in [7, 11) is 0. The molecule has 0 saturated heterocycles. The minimum Gasteiger partial charge on any atom is -0.486 e. The van der Waals surface area contributed by atoms with Gasteiger partial charge in [-0.05, 0) is 29.6 Å². The molecular weight excluding hydrogens is 443 g/mol. The van der Waals surface area contributed by atoms with E-state index in [2.05, 4.69) is 15.8 Å². The van der Waals surface area contributed by atoms with E-state index < -0.39 is 23.6 Å². The molecule has 6 nitrogen and oxygen atoms in total. The van der Waals surface area contributed by atoms with Crippen LogP contribution in [0.4, 0.5) is 13.2 Å². The molecule has 156 valence electrons. The molecule has 2 N–H and O–H groups in total. The normalized spacial score (nSPS) is 11.1. The maximum absolute atomic E-state index is 12.7. The van der Waals surface area contributed by atoms with E-state index in [1.165, 1.54) is 6.07 Å². The highest BCUT2D eigenvalue weighted by Gasteiger charge is 2.31. The van der Waals surface area contributed by atoms with Crippen LogP contribution < -0.4 is 15.6 Å². The standard InChI is InChI=1S/C19H13ClF3N3O3S/c20-13-8-12(19(21,22)23)9-24-14(13)10-29-15-6-7-30-16(15)18(28)26-25-17(27)11-4-2-1-3-5-11/h1-9H,10H2,(H,25,27)(H,26,28). The Morgan fingerprint density at radius 3 is 2.47 bits per heavy atom. The van der Waals surface area contributed by atoms with E-state index in [1.807, 2.05) is 0 Å². The summed E-state index contributed by atoms with van der Waals surface area (Å²) in [5.74, 6) is -0.941. The van der Waals surface area contributed by atoms with E-state index in [0.717, 1.165) is 17.4 Å². The Labute approximate surface area is 177 Å². The summed E-state index contributed by atoms with van der Waals surface area (Å²) in [6, 6.07) is 10.6. The molecule has 11 heteroatoms. The summed E-state index contributed by atoms with van der Waals surface area (Å²) in [4.78, 5) is 28.2. The lowest BCUT2D eigenvalue weighted by atomic mass is 10.2. The highest BCUT2D eigenvalue weighted by Crippen LogP contribution is 2.32. The van der Waals surface area contributed by atoms with Crippen LogP contribution in [-0.2, 0) is 12.8 Å². The molecule has 0 saturated carbocycles. The molecule has 0 aliphatic carbocycles. The highest BCUT2D eigenvalue weighted by atomic mass is 35.5. The van der Waals surface area contributed by atoms with Gasteiger partial charge in [0.05, 0.1) is 16.3 Å². The average molecular weight is 456 g/mol. The summed E-state index contributed by atoms with van der Waals surface area (Å²) >= 11 is 6.91. The molecule has 3 rings (SSSR count). The topological polar surface area (TPSA) is 80.3 Å². The molecule has 30 heavy (non-hydrogen) atoms. The van der Waals surface area contributed by atoms with Crippen molar-refractivity contribution in [2.24, 2.45) is 0 Å². The molecular formula is C19H13ClF3N3O3S. The lowest BCUT2D eigenvalue weighted by Gasteiger charge is -2.11. The van der Waals surface area contributed by atoms with Crippen LogP contribution in [0.5, 0.6) is 5.75 Å². The highest BCUT2D eigenvalue weighted by molar-refractivity contribution is 7.12. The molecule has 0 atom stereocenters. The number of aromatic nitrogens is 1. The number of hydrazine groups is 1. The number of hydrogen-bond acceptors (Lipinski definition) is 5. The molecule has 3 aromatic rings. The second-order valence-corrected chi connectivity index (χ2v) is 7.15. The smallest absolute Gasteiger partial charge is 0.417 e. The van der Waals surface area contributed by atoms with Gasteiger partial charge in [0, 0.05) is 11.8 Å². The van der Waals surface area contributed by atoms with E-state index in [-0.39, 0.29) is 28.0 Å². The van der Waals surface area contributed by atoms with Gasteiger partial charge in [-0.25, -0.2) is 0 Å². The molecule has 0 unspecified atom stereocenters. The minimum absolute atomic E-state index is 0.0830. The summed E-state index contributed by atoms with van der Waals surface area (Å²) in [6.07, 6.45) is -3.90. The molecule has 2 amide bonds. The van der Waals surface area contributed by atoms with Crippen LogP contribution in [0.3, 0.4) is 0 Å². The molecule has 2 aromatic heterocycles. The van der Waals surface area contributed by atoms with Crippen molar-refractivity contribution in [1.82, 2.24) is 15.8 Å². The predicted octanol–water partition coefficient (Wildman–Crippen LogP) is 4.47. The fourth-order valence-corrected chi connectivity index (χ4v) is 3.23. The van der Waals surface area contributed by atoms with Crippen molar-refractivity contribution in [2.45, 2.75) is 12.8 Å². The molecule has 0 bridgehead atoms. The number of nitrogens with one attached hydrogen (secondary N) is 2. The van der Waals surface area contributed by atoms with Crippen LogP contribution >= 0.6 is 22.9 Å².